The SMILES string of the molecule is COc1ccc(-c2[nH]ncc2CNC(=O)C2CCCN(CC(N)=O)C2)cc1. The van der Waals surface area contributed by atoms with Crippen molar-refractivity contribution in [2.45, 2.75) is 19.4 Å². The number of hydrogen-bond acceptors (Lipinski definition) is 5. The predicted octanol–water partition coefficient (Wildman–Crippen LogP) is 0.899. The first-order valence-corrected chi connectivity index (χ1v) is 9.02. The van der Waals surface area contributed by atoms with Gasteiger partial charge in [-0.3, -0.25) is 19.6 Å². The van der Waals surface area contributed by atoms with Crippen LogP contribution < -0.4 is 15.8 Å². The number of nitrogens with one attached hydrogen (secondary N) is 2. The molecule has 0 bridgehead atoms. The molecular weight excluding hydrogens is 346 g/mol. The highest BCUT2D eigenvalue weighted by atomic mass is 16.5. The maximum atomic E-state index is 12.6. The van der Waals surface area contributed by atoms with Crippen LogP contribution >= 0.6 is 0 Å². The Morgan fingerprint density at radius 3 is 2.85 bits per heavy atom. The molecule has 2 amide bonds. The van der Waals surface area contributed by atoms with Crippen LogP contribution in [0.3, 0.4) is 0 Å². The Morgan fingerprint density at radius 1 is 1.37 bits per heavy atom. The smallest absolute Gasteiger partial charge is 0.231 e. The third kappa shape index (κ3) is 4.85. The highest BCUT2D eigenvalue weighted by molar-refractivity contribution is 5.80. The molecule has 0 aliphatic carbocycles. The number of aromatic nitrogens is 2. The number of rotatable bonds is 7. The van der Waals surface area contributed by atoms with Crippen molar-refractivity contribution in [1.29, 1.82) is 0 Å². The number of carbonyl (C=O) groups excluding carboxylic acids is 2. The van der Waals surface area contributed by atoms with E-state index in [0.717, 1.165) is 42.0 Å². The molecule has 1 unspecified atom stereocenters. The first-order chi connectivity index (χ1) is 13.1. The quantitative estimate of drug-likeness (QED) is 0.669. The molecule has 8 nitrogen and oxygen atoms in total. The fourth-order valence-electron chi connectivity index (χ4n) is 3.41. The number of nitrogens with zero attached hydrogens (tertiary/aromatic N) is 2. The van der Waals surface area contributed by atoms with Gasteiger partial charge in [0.15, 0.2) is 0 Å². The maximum absolute atomic E-state index is 12.6. The second-order valence-corrected chi connectivity index (χ2v) is 6.76. The van der Waals surface area contributed by atoms with Gasteiger partial charge in [0.05, 0.1) is 31.5 Å². The van der Waals surface area contributed by atoms with Gasteiger partial charge < -0.3 is 15.8 Å². The van der Waals surface area contributed by atoms with Crippen LogP contribution in [0.1, 0.15) is 18.4 Å². The molecule has 1 aliphatic heterocycles. The van der Waals surface area contributed by atoms with Gasteiger partial charge in [-0.05, 0) is 43.7 Å². The molecule has 2 aromatic rings. The Hall–Kier alpha value is -2.87. The van der Waals surface area contributed by atoms with E-state index >= 15 is 0 Å². The van der Waals surface area contributed by atoms with Crippen LogP contribution in [0.2, 0.25) is 0 Å². The molecule has 1 aliphatic rings. The second kappa shape index (κ2) is 8.68. The molecule has 1 atom stereocenters. The number of methoxy groups -OCH3 is 1. The number of nitrogens with two attached hydrogens (primary N) is 1. The first-order valence-electron chi connectivity index (χ1n) is 9.02. The van der Waals surface area contributed by atoms with Crippen molar-refractivity contribution < 1.29 is 14.3 Å². The fourth-order valence-corrected chi connectivity index (χ4v) is 3.41. The monoisotopic (exact) mass is 371 g/mol. The molecular formula is C19H25N5O3. The molecule has 1 fully saturated rings. The lowest BCUT2D eigenvalue weighted by Crippen LogP contribution is -2.45. The Kier molecular flexibility index (Phi) is 6.08. The second-order valence-electron chi connectivity index (χ2n) is 6.76. The molecule has 0 radical (unpaired) electrons. The third-order valence-corrected chi connectivity index (χ3v) is 4.81. The topological polar surface area (TPSA) is 113 Å². The van der Waals surface area contributed by atoms with Gasteiger partial charge in [-0.1, -0.05) is 0 Å². The lowest BCUT2D eigenvalue weighted by atomic mass is 9.97. The standard InChI is InChI=1S/C19H25N5O3/c1-27-16-6-4-13(5-7-16)18-15(10-22-23-18)9-21-19(26)14-3-2-8-24(11-14)12-17(20)25/h4-7,10,14H,2-3,8-9,11-12H2,1H3,(H2,20,25)(H,21,26)(H,22,23). The number of primary amides is 1. The Morgan fingerprint density at radius 2 is 2.15 bits per heavy atom. The van der Waals surface area contributed by atoms with Crippen LogP contribution in [-0.4, -0.2) is 53.7 Å². The molecule has 27 heavy (non-hydrogen) atoms. The Labute approximate surface area is 158 Å². The summed E-state index contributed by atoms with van der Waals surface area (Å²) in [6, 6.07) is 7.66. The molecule has 1 saturated heterocycles. The van der Waals surface area contributed by atoms with Crippen LogP contribution in [0, 0.1) is 5.92 Å². The van der Waals surface area contributed by atoms with E-state index in [0.29, 0.717) is 13.1 Å². The molecule has 1 aromatic heterocycles. The van der Waals surface area contributed by atoms with Crippen molar-refractivity contribution in [1.82, 2.24) is 20.4 Å². The largest absolute Gasteiger partial charge is 0.497 e. The number of amides is 2. The first kappa shape index (κ1) is 18.9. The molecule has 1 aromatic carbocycles. The number of H-pyrrole nitrogens is 1. The van der Waals surface area contributed by atoms with Crippen molar-refractivity contribution in [3.8, 4) is 17.0 Å². The summed E-state index contributed by atoms with van der Waals surface area (Å²) in [5, 5.41) is 10.1. The molecule has 4 N–H and O–H groups in total. The van der Waals surface area contributed by atoms with E-state index in [1.807, 2.05) is 29.2 Å². The average Bonchev–Trinajstić information content (AvgIpc) is 3.14. The van der Waals surface area contributed by atoms with Crippen LogP contribution in [0.25, 0.3) is 11.3 Å². The minimum atomic E-state index is -0.362. The molecule has 144 valence electrons. The van der Waals surface area contributed by atoms with Gasteiger partial charge in [-0.2, -0.15) is 5.10 Å². The molecule has 3 rings (SSSR count). The Balaban J connectivity index is 1.59. The predicted molar refractivity (Wildman–Crippen MR) is 101 cm³/mol. The van der Waals surface area contributed by atoms with E-state index in [4.69, 9.17) is 10.5 Å². The van der Waals surface area contributed by atoms with Crippen molar-refractivity contribution in [2.75, 3.05) is 26.7 Å². The number of ether oxygens (including phenoxy) is 1. The maximum Gasteiger partial charge on any atom is 0.231 e. The number of hydrogen-bond donors (Lipinski definition) is 3. The molecule has 0 spiro atoms. The zero-order valence-electron chi connectivity index (χ0n) is 15.4. The summed E-state index contributed by atoms with van der Waals surface area (Å²) in [5.41, 5.74) is 8.02. The van der Waals surface area contributed by atoms with Gasteiger partial charge in [0.1, 0.15) is 5.75 Å². The number of aromatic amines is 1. The number of benzene rings is 1. The number of carbonyl (C=O) groups is 2. The van der Waals surface area contributed by atoms with Crippen molar-refractivity contribution >= 4 is 11.8 Å². The van der Waals surface area contributed by atoms with E-state index < -0.39 is 0 Å². The van der Waals surface area contributed by atoms with Gasteiger partial charge in [0, 0.05) is 24.2 Å². The summed E-state index contributed by atoms with van der Waals surface area (Å²) in [6.45, 7) is 1.96. The highest BCUT2D eigenvalue weighted by Gasteiger charge is 2.26. The highest BCUT2D eigenvalue weighted by Crippen LogP contribution is 2.24. The number of piperidine rings is 1. The van der Waals surface area contributed by atoms with E-state index in [9.17, 15) is 9.59 Å². The van der Waals surface area contributed by atoms with E-state index in [1.165, 1.54) is 0 Å². The Bertz CT molecular complexity index is 787. The average molecular weight is 371 g/mol. The zero-order chi connectivity index (χ0) is 19.2. The van der Waals surface area contributed by atoms with Gasteiger partial charge in [0.25, 0.3) is 0 Å². The van der Waals surface area contributed by atoms with Crippen molar-refractivity contribution in [2.24, 2.45) is 11.7 Å². The summed E-state index contributed by atoms with van der Waals surface area (Å²) in [5.74, 6) is 0.282. The molecule has 2 heterocycles. The van der Waals surface area contributed by atoms with Gasteiger partial charge in [-0.15, -0.1) is 0 Å². The van der Waals surface area contributed by atoms with Crippen molar-refractivity contribution in [3.05, 3.63) is 36.0 Å². The van der Waals surface area contributed by atoms with Crippen LogP contribution in [-0.2, 0) is 16.1 Å². The third-order valence-electron chi connectivity index (χ3n) is 4.81. The van der Waals surface area contributed by atoms with Crippen LogP contribution in [0.15, 0.2) is 30.5 Å². The summed E-state index contributed by atoms with van der Waals surface area (Å²) in [6.07, 6.45) is 3.42. The lowest BCUT2D eigenvalue weighted by molar-refractivity contribution is -0.128. The van der Waals surface area contributed by atoms with E-state index in [2.05, 4.69) is 15.5 Å². The summed E-state index contributed by atoms with van der Waals surface area (Å²) in [4.78, 5) is 25.6. The van der Waals surface area contributed by atoms with E-state index in [-0.39, 0.29) is 24.3 Å². The lowest BCUT2D eigenvalue weighted by Gasteiger charge is -2.30. The molecule has 8 heteroatoms. The van der Waals surface area contributed by atoms with Gasteiger partial charge >= 0.3 is 0 Å². The summed E-state index contributed by atoms with van der Waals surface area (Å²) >= 11 is 0. The van der Waals surface area contributed by atoms with Gasteiger partial charge in [0.2, 0.25) is 11.8 Å². The molecule has 0 saturated carbocycles. The fraction of sp³-hybridized carbons (Fsp3) is 0.421. The van der Waals surface area contributed by atoms with Crippen molar-refractivity contribution in [3.63, 3.8) is 0 Å². The van der Waals surface area contributed by atoms with Crippen LogP contribution in [0.4, 0.5) is 0 Å². The summed E-state index contributed by atoms with van der Waals surface area (Å²) < 4.78 is 5.18. The van der Waals surface area contributed by atoms with Gasteiger partial charge in [-0.25, -0.2) is 0 Å². The summed E-state index contributed by atoms with van der Waals surface area (Å²) in [7, 11) is 1.63. The zero-order valence-corrected chi connectivity index (χ0v) is 15.4. The van der Waals surface area contributed by atoms with Crippen LogP contribution in [0.5, 0.6) is 5.75 Å². The van der Waals surface area contributed by atoms with E-state index in [1.54, 1.807) is 13.3 Å². The minimum Gasteiger partial charge on any atom is -0.497 e. The minimum absolute atomic E-state index is 0.00829. The normalized spacial score (nSPS) is 17.4. The number of likely N-dealkylation sites (tertiary alicyclic amines) is 1.